The van der Waals surface area contributed by atoms with Gasteiger partial charge in [0.15, 0.2) is 0 Å². The molecule has 0 atom stereocenters. The molecule has 0 bridgehead atoms. The first-order chi connectivity index (χ1) is 7.82. The van der Waals surface area contributed by atoms with Gasteiger partial charge < -0.3 is 0 Å². The molecule has 90 valence electrons. The van der Waals surface area contributed by atoms with Crippen molar-refractivity contribution >= 4 is 0 Å². The van der Waals surface area contributed by atoms with E-state index in [0.29, 0.717) is 5.56 Å². The standard InChI is InChI=1S/C13H10F4/c1-9-6-10(8-11(14)7-9)2-3-12(4-5-12)13(15,16)17/h6-8H,4-5H2,1H3. The summed E-state index contributed by atoms with van der Waals surface area (Å²) in [5.41, 5.74) is -0.920. The molecule has 0 aromatic heterocycles. The van der Waals surface area contributed by atoms with Crippen LogP contribution in [0, 0.1) is 30.0 Å². The van der Waals surface area contributed by atoms with Gasteiger partial charge in [-0.15, -0.1) is 0 Å². The van der Waals surface area contributed by atoms with Gasteiger partial charge in [-0.2, -0.15) is 13.2 Å². The first kappa shape index (κ1) is 12.0. The third-order valence-electron chi connectivity index (χ3n) is 2.78. The van der Waals surface area contributed by atoms with Gasteiger partial charge in [0.1, 0.15) is 11.2 Å². The van der Waals surface area contributed by atoms with E-state index in [4.69, 9.17) is 0 Å². The molecule has 0 radical (unpaired) electrons. The van der Waals surface area contributed by atoms with Crippen LogP contribution in [-0.2, 0) is 0 Å². The van der Waals surface area contributed by atoms with Gasteiger partial charge in [0.25, 0.3) is 0 Å². The van der Waals surface area contributed by atoms with E-state index in [0.717, 1.165) is 6.07 Å². The molecule has 0 nitrogen and oxygen atoms in total. The lowest BCUT2D eigenvalue weighted by molar-refractivity contribution is -0.168. The Kier molecular flexibility index (Phi) is 2.65. The maximum Gasteiger partial charge on any atom is 0.405 e. The Morgan fingerprint density at radius 1 is 1.18 bits per heavy atom. The molecular formula is C13H10F4. The van der Waals surface area contributed by atoms with Crippen molar-refractivity contribution in [1.29, 1.82) is 0 Å². The van der Waals surface area contributed by atoms with Crippen LogP contribution < -0.4 is 0 Å². The van der Waals surface area contributed by atoms with E-state index in [9.17, 15) is 17.6 Å². The quantitative estimate of drug-likeness (QED) is 0.479. The lowest BCUT2D eigenvalue weighted by Crippen LogP contribution is -2.22. The van der Waals surface area contributed by atoms with Crippen molar-refractivity contribution in [2.24, 2.45) is 5.41 Å². The van der Waals surface area contributed by atoms with Gasteiger partial charge in [-0.3, -0.25) is 0 Å². The monoisotopic (exact) mass is 242 g/mol. The molecule has 17 heavy (non-hydrogen) atoms. The Morgan fingerprint density at radius 3 is 2.29 bits per heavy atom. The molecular weight excluding hydrogens is 232 g/mol. The second-order valence-electron chi connectivity index (χ2n) is 4.35. The fraction of sp³-hybridized carbons (Fsp3) is 0.385. The number of benzene rings is 1. The fourth-order valence-corrected chi connectivity index (χ4v) is 1.60. The summed E-state index contributed by atoms with van der Waals surface area (Å²) < 4.78 is 50.7. The van der Waals surface area contributed by atoms with Crippen LogP contribution >= 0.6 is 0 Å². The summed E-state index contributed by atoms with van der Waals surface area (Å²) >= 11 is 0. The highest BCUT2D eigenvalue weighted by Crippen LogP contribution is 2.57. The maximum atomic E-state index is 13.0. The normalized spacial score (nSPS) is 17.2. The predicted molar refractivity (Wildman–Crippen MR) is 55.7 cm³/mol. The second-order valence-corrected chi connectivity index (χ2v) is 4.35. The molecule has 4 heteroatoms. The summed E-state index contributed by atoms with van der Waals surface area (Å²) in [6.45, 7) is 1.67. The Morgan fingerprint density at radius 2 is 1.82 bits per heavy atom. The Bertz CT molecular complexity index is 478. The topological polar surface area (TPSA) is 0 Å². The maximum absolute atomic E-state index is 13.0. The SMILES string of the molecule is Cc1cc(F)cc(C#CC2(C(F)(F)F)CC2)c1. The molecule has 2 rings (SSSR count). The lowest BCUT2D eigenvalue weighted by Gasteiger charge is -2.11. The van der Waals surface area contributed by atoms with Gasteiger partial charge >= 0.3 is 6.18 Å². The van der Waals surface area contributed by atoms with E-state index in [1.54, 1.807) is 13.0 Å². The summed E-state index contributed by atoms with van der Waals surface area (Å²) in [5, 5.41) is 0. The van der Waals surface area contributed by atoms with Crippen molar-refractivity contribution in [2.45, 2.75) is 25.9 Å². The molecule has 0 N–H and O–H groups in total. The molecule has 1 aliphatic carbocycles. The Balaban J connectivity index is 2.28. The lowest BCUT2D eigenvalue weighted by atomic mass is 10.1. The highest BCUT2D eigenvalue weighted by molar-refractivity contribution is 5.40. The molecule has 0 saturated heterocycles. The highest BCUT2D eigenvalue weighted by Gasteiger charge is 2.62. The first-order valence-electron chi connectivity index (χ1n) is 5.20. The van der Waals surface area contributed by atoms with Crippen LogP contribution in [0.1, 0.15) is 24.0 Å². The molecule has 0 aliphatic heterocycles. The summed E-state index contributed by atoms with van der Waals surface area (Å²) in [5.74, 6) is 4.18. The molecule has 0 heterocycles. The summed E-state index contributed by atoms with van der Waals surface area (Å²) in [7, 11) is 0. The third kappa shape index (κ3) is 2.44. The number of halogens is 4. The minimum Gasteiger partial charge on any atom is -0.207 e. The second kappa shape index (κ2) is 3.76. The van der Waals surface area contributed by atoms with Gasteiger partial charge in [0, 0.05) is 5.56 Å². The van der Waals surface area contributed by atoms with E-state index in [1.807, 2.05) is 0 Å². The highest BCUT2D eigenvalue weighted by atomic mass is 19.4. The number of rotatable bonds is 0. The largest absolute Gasteiger partial charge is 0.405 e. The van der Waals surface area contributed by atoms with Crippen LogP contribution in [0.3, 0.4) is 0 Å². The molecule has 0 unspecified atom stereocenters. The molecule has 1 fully saturated rings. The third-order valence-corrected chi connectivity index (χ3v) is 2.78. The average molecular weight is 242 g/mol. The van der Waals surface area contributed by atoms with Crippen LogP contribution in [0.5, 0.6) is 0 Å². The molecule has 1 saturated carbocycles. The zero-order chi connectivity index (χ0) is 12.7. The van der Waals surface area contributed by atoms with Gasteiger partial charge in [-0.1, -0.05) is 11.8 Å². The van der Waals surface area contributed by atoms with Crippen LogP contribution in [0.25, 0.3) is 0 Å². The summed E-state index contributed by atoms with van der Waals surface area (Å²) in [4.78, 5) is 0. The van der Waals surface area contributed by atoms with Crippen molar-refractivity contribution < 1.29 is 17.6 Å². The van der Waals surface area contributed by atoms with Gasteiger partial charge in [0.2, 0.25) is 0 Å². The van der Waals surface area contributed by atoms with Crippen molar-refractivity contribution in [1.82, 2.24) is 0 Å². The van der Waals surface area contributed by atoms with E-state index in [1.165, 1.54) is 6.07 Å². The summed E-state index contributed by atoms with van der Waals surface area (Å²) in [6, 6.07) is 4.02. The van der Waals surface area contributed by atoms with Crippen LogP contribution in [-0.4, -0.2) is 6.18 Å². The van der Waals surface area contributed by atoms with E-state index in [2.05, 4.69) is 11.8 Å². The Labute approximate surface area is 96.6 Å². The molecule has 0 amide bonds. The van der Waals surface area contributed by atoms with Gasteiger partial charge in [-0.25, -0.2) is 4.39 Å². The average Bonchev–Trinajstić information content (AvgIpc) is 2.92. The predicted octanol–water partition coefficient (Wildman–Crippen LogP) is 3.83. The van der Waals surface area contributed by atoms with Crippen molar-refractivity contribution in [3.63, 3.8) is 0 Å². The first-order valence-corrected chi connectivity index (χ1v) is 5.20. The minimum absolute atomic E-state index is 0.0395. The number of aryl methyl sites for hydroxylation is 1. The minimum atomic E-state index is -4.29. The number of alkyl halides is 3. The fourth-order valence-electron chi connectivity index (χ4n) is 1.60. The van der Waals surface area contributed by atoms with Crippen LogP contribution in [0.2, 0.25) is 0 Å². The van der Waals surface area contributed by atoms with Gasteiger partial charge in [0.05, 0.1) is 0 Å². The van der Waals surface area contributed by atoms with Crippen molar-refractivity contribution in [2.75, 3.05) is 0 Å². The molecule has 1 aromatic carbocycles. The van der Waals surface area contributed by atoms with Crippen molar-refractivity contribution in [3.8, 4) is 11.8 Å². The smallest absolute Gasteiger partial charge is 0.207 e. The number of hydrogen-bond acceptors (Lipinski definition) is 0. The molecule has 0 spiro atoms. The van der Waals surface area contributed by atoms with Crippen molar-refractivity contribution in [3.05, 3.63) is 35.1 Å². The van der Waals surface area contributed by atoms with E-state index in [-0.39, 0.29) is 18.4 Å². The zero-order valence-corrected chi connectivity index (χ0v) is 9.16. The van der Waals surface area contributed by atoms with Crippen LogP contribution in [0.15, 0.2) is 18.2 Å². The molecule has 1 aromatic rings. The van der Waals surface area contributed by atoms with Crippen LogP contribution in [0.4, 0.5) is 17.6 Å². The number of hydrogen-bond donors (Lipinski definition) is 0. The molecule has 1 aliphatic rings. The summed E-state index contributed by atoms with van der Waals surface area (Å²) in [6.07, 6.45) is -4.21. The van der Waals surface area contributed by atoms with E-state index >= 15 is 0 Å². The zero-order valence-electron chi connectivity index (χ0n) is 9.16. The Hall–Kier alpha value is -1.50. The van der Waals surface area contributed by atoms with E-state index < -0.39 is 17.4 Å². The van der Waals surface area contributed by atoms with Gasteiger partial charge in [-0.05, 0) is 43.5 Å².